The Morgan fingerprint density at radius 2 is 2.06 bits per heavy atom. The van der Waals surface area contributed by atoms with Gasteiger partial charge in [-0.05, 0) is 37.3 Å². The van der Waals surface area contributed by atoms with Crippen LogP contribution in [-0.4, -0.2) is 14.1 Å². The van der Waals surface area contributed by atoms with Gasteiger partial charge in [0, 0.05) is 19.8 Å². The molecule has 1 unspecified atom stereocenters. The van der Waals surface area contributed by atoms with Gasteiger partial charge in [0.2, 0.25) is 0 Å². The summed E-state index contributed by atoms with van der Waals surface area (Å²) in [6.07, 6.45) is 1.68. The highest BCUT2D eigenvalue weighted by Gasteiger charge is 2.09. The number of nitrogens with one attached hydrogen (secondary N) is 1. The maximum absolute atomic E-state index is 6.23. The van der Waals surface area contributed by atoms with Gasteiger partial charge in [-0.2, -0.15) is 0 Å². The van der Waals surface area contributed by atoms with E-state index in [4.69, 9.17) is 16.0 Å². The molecular weight excluding hydrogens is 248 g/mol. The zero-order valence-corrected chi connectivity index (χ0v) is 11.5. The fraction of sp³-hybridized carbons (Fsp3) is 0.286. The van der Waals surface area contributed by atoms with Crippen LogP contribution in [0.4, 0.5) is 11.4 Å². The zero-order valence-electron chi connectivity index (χ0n) is 10.8. The summed E-state index contributed by atoms with van der Waals surface area (Å²) in [5.74, 6) is 0.905. The van der Waals surface area contributed by atoms with Crippen LogP contribution in [-0.2, 0) is 0 Å². The summed E-state index contributed by atoms with van der Waals surface area (Å²) in [4.78, 5) is 1.99. The van der Waals surface area contributed by atoms with Crippen LogP contribution in [0.2, 0.25) is 5.02 Å². The monoisotopic (exact) mass is 264 g/mol. The summed E-state index contributed by atoms with van der Waals surface area (Å²) in [7, 11) is 3.94. The molecular formula is C14H17ClN2O. The van der Waals surface area contributed by atoms with Crippen LogP contribution >= 0.6 is 11.6 Å². The highest BCUT2D eigenvalue weighted by molar-refractivity contribution is 6.33. The number of anilines is 2. The van der Waals surface area contributed by atoms with Gasteiger partial charge in [0.05, 0.1) is 23.0 Å². The molecule has 0 spiro atoms. The lowest BCUT2D eigenvalue weighted by atomic mass is 10.2. The lowest BCUT2D eigenvalue weighted by molar-refractivity contribution is 0.490. The van der Waals surface area contributed by atoms with E-state index < -0.39 is 0 Å². The van der Waals surface area contributed by atoms with Crippen LogP contribution in [0.1, 0.15) is 18.7 Å². The van der Waals surface area contributed by atoms with Gasteiger partial charge in [0.25, 0.3) is 0 Å². The molecule has 1 aromatic heterocycles. The second kappa shape index (κ2) is 5.36. The predicted molar refractivity (Wildman–Crippen MR) is 76.5 cm³/mol. The summed E-state index contributed by atoms with van der Waals surface area (Å²) in [5, 5.41) is 4.09. The number of halogens is 1. The fourth-order valence-electron chi connectivity index (χ4n) is 1.82. The van der Waals surface area contributed by atoms with Gasteiger partial charge in [0.15, 0.2) is 0 Å². The van der Waals surface area contributed by atoms with Crippen molar-refractivity contribution in [1.29, 1.82) is 0 Å². The van der Waals surface area contributed by atoms with Gasteiger partial charge in [-0.25, -0.2) is 0 Å². The van der Waals surface area contributed by atoms with Crippen molar-refractivity contribution < 1.29 is 4.42 Å². The highest BCUT2D eigenvalue weighted by Crippen LogP contribution is 2.29. The van der Waals surface area contributed by atoms with E-state index in [2.05, 4.69) is 5.32 Å². The minimum absolute atomic E-state index is 0.112. The van der Waals surface area contributed by atoms with Crippen molar-refractivity contribution >= 4 is 23.0 Å². The number of rotatable bonds is 4. The van der Waals surface area contributed by atoms with E-state index in [-0.39, 0.29) is 6.04 Å². The molecule has 0 aliphatic heterocycles. The number of nitrogens with zero attached hydrogens (tertiary/aromatic N) is 1. The molecule has 1 atom stereocenters. The smallest absolute Gasteiger partial charge is 0.125 e. The van der Waals surface area contributed by atoms with E-state index >= 15 is 0 Å². The predicted octanol–water partition coefficient (Wildman–Crippen LogP) is 4.17. The van der Waals surface area contributed by atoms with Crippen molar-refractivity contribution in [3.05, 3.63) is 47.4 Å². The van der Waals surface area contributed by atoms with E-state index in [1.165, 1.54) is 0 Å². The Kier molecular flexibility index (Phi) is 3.82. The number of hydrogen-bond acceptors (Lipinski definition) is 3. The Labute approximate surface area is 112 Å². The number of hydrogen-bond donors (Lipinski definition) is 1. The molecule has 3 nitrogen and oxygen atoms in total. The van der Waals surface area contributed by atoms with E-state index in [0.29, 0.717) is 0 Å². The molecule has 0 saturated heterocycles. The standard InChI is InChI=1S/C14H17ClN2O/c1-10(14-5-4-8-18-14)16-11-6-7-13(17(2)3)12(15)9-11/h4-10,16H,1-3H3. The number of furan rings is 1. The van der Waals surface area contributed by atoms with Gasteiger partial charge in [0.1, 0.15) is 5.76 Å². The first-order valence-corrected chi connectivity index (χ1v) is 6.22. The minimum Gasteiger partial charge on any atom is -0.467 e. The highest BCUT2D eigenvalue weighted by atomic mass is 35.5. The SMILES string of the molecule is CC(Nc1ccc(N(C)C)c(Cl)c1)c1ccco1. The Bertz CT molecular complexity index is 509. The topological polar surface area (TPSA) is 28.4 Å². The summed E-state index contributed by atoms with van der Waals surface area (Å²) < 4.78 is 5.36. The van der Waals surface area contributed by atoms with Crippen molar-refractivity contribution in [3.8, 4) is 0 Å². The second-order valence-electron chi connectivity index (χ2n) is 4.44. The molecule has 0 amide bonds. The molecule has 0 aliphatic carbocycles. The van der Waals surface area contributed by atoms with Crippen molar-refractivity contribution in [2.45, 2.75) is 13.0 Å². The van der Waals surface area contributed by atoms with Crippen LogP contribution in [0.15, 0.2) is 41.0 Å². The molecule has 0 radical (unpaired) electrons. The maximum Gasteiger partial charge on any atom is 0.125 e. The molecule has 18 heavy (non-hydrogen) atoms. The van der Waals surface area contributed by atoms with Crippen molar-refractivity contribution in [2.24, 2.45) is 0 Å². The van der Waals surface area contributed by atoms with Gasteiger partial charge < -0.3 is 14.6 Å². The normalized spacial score (nSPS) is 12.2. The van der Waals surface area contributed by atoms with Crippen molar-refractivity contribution in [2.75, 3.05) is 24.3 Å². The van der Waals surface area contributed by atoms with Gasteiger partial charge >= 0.3 is 0 Å². The third-order valence-corrected chi connectivity index (χ3v) is 3.09. The van der Waals surface area contributed by atoms with Crippen molar-refractivity contribution in [1.82, 2.24) is 0 Å². The summed E-state index contributed by atoms with van der Waals surface area (Å²) >= 11 is 6.23. The van der Waals surface area contributed by atoms with Crippen LogP contribution in [0, 0.1) is 0 Å². The summed E-state index contributed by atoms with van der Waals surface area (Å²) in [6, 6.07) is 9.89. The third kappa shape index (κ3) is 2.79. The number of benzene rings is 1. The Morgan fingerprint density at radius 1 is 1.28 bits per heavy atom. The average molecular weight is 265 g/mol. The molecule has 1 N–H and O–H groups in total. The molecule has 0 saturated carbocycles. The first-order valence-electron chi connectivity index (χ1n) is 5.84. The molecule has 4 heteroatoms. The van der Waals surface area contributed by atoms with Gasteiger partial charge in [-0.3, -0.25) is 0 Å². The van der Waals surface area contributed by atoms with E-state index in [0.717, 1.165) is 22.2 Å². The van der Waals surface area contributed by atoms with E-state index in [9.17, 15) is 0 Å². The van der Waals surface area contributed by atoms with E-state index in [1.54, 1.807) is 6.26 Å². The largest absolute Gasteiger partial charge is 0.467 e. The van der Waals surface area contributed by atoms with Gasteiger partial charge in [-0.15, -0.1) is 0 Å². The fourth-order valence-corrected chi connectivity index (χ4v) is 2.17. The van der Waals surface area contributed by atoms with Crippen LogP contribution < -0.4 is 10.2 Å². The van der Waals surface area contributed by atoms with E-state index in [1.807, 2.05) is 56.3 Å². The molecule has 2 aromatic rings. The zero-order chi connectivity index (χ0) is 13.1. The Hall–Kier alpha value is -1.61. The average Bonchev–Trinajstić information content (AvgIpc) is 2.81. The molecule has 1 heterocycles. The lowest BCUT2D eigenvalue weighted by Crippen LogP contribution is -2.10. The molecule has 96 valence electrons. The summed E-state index contributed by atoms with van der Waals surface area (Å²) in [5.41, 5.74) is 1.99. The molecule has 0 bridgehead atoms. The molecule has 0 aliphatic rings. The Balaban J connectivity index is 2.13. The second-order valence-corrected chi connectivity index (χ2v) is 4.85. The Morgan fingerprint density at radius 3 is 2.61 bits per heavy atom. The molecule has 2 rings (SSSR count). The lowest BCUT2D eigenvalue weighted by Gasteiger charge is -2.17. The molecule has 0 fully saturated rings. The quantitative estimate of drug-likeness (QED) is 0.898. The first-order chi connectivity index (χ1) is 8.58. The molecule has 1 aromatic carbocycles. The third-order valence-electron chi connectivity index (χ3n) is 2.78. The summed E-state index contributed by atoms with van der Waals surface area (Å²) in [6.45, 7) is 2.05. The van der Waals surface area contributed by atoms with Crippen LogP contribution in [0.3, 0.4) is 0 Å². The van der Waals surface area contributed by atoms with Crippen LogP contribution in [0.5, 0.6) is 0 Å². The van der Waals surface area contributed by atoms with Crippen molar-refractivity contribution in [3.63, 3.8) is 0 Å². The minimum atomic E-state index is 0.112. The van der Waals surface area contributed by atoms with Crippen LogP contribution in [0.25, 0.3) is 0 Å². The first kappa shape index (κ1) is 12.8. The van der Waals surface area contributed by atoms with Gasteiger partial charge in [-0.1, -0.05) is 11.6 Å². The maximum atomic E-state index is 6.23.